The summed E-state index contributed by atoms with van der Waals surface area (Å²) in [5.74, 6) is 0.0990. The molecule has 0 unspecified atom stereocenters. The van der Waals surface area contributed by atoms with E-state index in [0.717, 1.165) is 50.1 Å². The standard InChI is InChI=1S/C20H33N4O2S.K/c1-3-8-21-9-11-24(10-4-2)15-19(25)22-13-17-6-5-7-18(12-17)14-23-20(26)16-27;/h5-7,12,27H,3-4,8-11,13-16H2,1-2H3,(H,22,25)(H,23,26);/q-1;+1. The second-order valence-electron chi connectivity index (χ2n) is 6.48. The summed E-state index contributed by atoms with van der Waals surface area (Å²) in [6.45, 7) is 8.96. The van der Waals surface area contributed by atoms with Crippen molar-refractivity contribution in [2.24, 2.45) is 0 Å². The van der Waals surface area contributed by atoms with Gasteiger partial charge in [-0.2, -0.15) is 12.6 Å². The molecule has 0 heterocycles. The van der Waals surface area contributed by atoms with Crippen molar-refractivity contribution in [2.45, 2.75) is 39.8 Å². The summed E-state index contributed by atoms with van der Waals surface area (Å²) in [6.07, 6.45) is 2.08. The molecule has 0 saturated carbocycles. The van der Waals surface area contributed by atoms with Gasteiger partial charge in [-0.05, 0) is 30.6 Å². The molecule has 0 aromatic heterocycles. The third kappa shape index (κ3) is 13.3. The monoisotopic (exact) mass is 432 g/mol. The van der Waals surface area contributed by atoms with Crippen molar-refractivity contribution in [3.05, 3.63) is 40.7 Å². The number of carbonyl (C=O) groups excluding carboxylic acids is 2. The normalized spacial score (nSPS) is 10.4. The van der Waals surface area contributed by atoms with Gasteiger partial charge in [0.2, 0.25) is 11.8 Å². The zero-order chi connectivity index (χ0) is 19.9. The molecule has 1 rings (SSSR count). The number of nitrogens with one attached hydrogen (secondary N) is 2. The van der Waals surface area contributed by atoms with Gasteiger partial charge in [-0.25, -0.2) is 0 Å². The summed E-state index contributed by atoms with van der Waals surface area (Å²) in [7, 11) is 0. The van der Waals surface area contributed by atoms with Crippen molar-refractivity contribution in [3.8, 4) is 0 Å². The van der Waals surface area contributed by atoms with Crippen LogP contribution in [0.4, 0.5) is 0 Å². The van der Waals surface area contributed by atoms with Gasteiger partial charge in [0.15, 0.2) is 0 Å². The van der Waals surface area contributed by atoms with Crippen molar-refractivity contribution < 1.29 is 61.0 Å². The first-order valence-corrected chi connectivity index (χ1v) is 10.3. The molecule has 0 radical (unpaired) electrons. The molecule has 0 saturated heterocycles. The number of thiol groups is 1. The van der Waals surface area contributed by atoms with Crippen LogP contribution in [0.15, 0.2) is 24.3 Å². The van der Waals surface area contributed by atoms with Crippen LogP contribution in [-0.2, 0) is 22.7 Å². The van der Waals surface area contributed by atoms with Crippen molar-refractivity contribution in [1.82, 2.24) is 15.5 Å². The first-order chi connectivity index (χ1) is 13.1. The summed E-state index contributed by atoms with van der Waals surface area (Å²) in [5.41, 5.74) is 2.02. The quantitative estimate of drug-likeness (QED) is 0.208. The van der Waals surface area contributed by atoms with Crippen LogP contribution in [0.5, 0.6) is 0 Å². The Hall–Kier alpha value is 0.0664. The Bertz CT molecular complexity index is 575. The Labute approximate surface area is 217 Å². The Kier molecular flexibility index (Phi) is 17.9. The summed E-state index contributed by atoms with van der Waals surface area (Å²) in [4.78, 5) is 25.7. The molecule has 6 nitrogen and oxygen atoms in total. The van der Waals surface area contributed by atoms with E-state index in [4.69, 9.17) is 0 Å². The van der Waals surface area contributed by atoms with Gasteiger partial charge < -0.3 is 16.0 Å². The first kappa shape index (κ1) is 28.1. The summed E-state index contributed by atoms with van der Waals surface area (Å²) < 4.78 is 0. The van der Waals surface area contributed by atoms with E-state index in [9.17, 15) is 9.59 Å². The van der Waals surface area contributed by atoms with Crippen molar-refractivity contribution in [3.63, 3.8) is 0 Å². The zero-order valence-corrected chi connectivity index (χ0v) is 21.6. The first-order valence-electron chi connectivity index (χ1n) is 9.66. The van der Waals surface area contributed by atoms with Crippen LogP contribution in [0, 0.1) is 0 Å². The van der Waals surface area contributed by atoms with Gasteiger partial charge in [-0.3, -0.25) is 14.5 Å². The van der Waals surface area contributed by atoms with Gasteiger partial charge in [0.1, 0.15) is 0 Å². The molecule has 2 amide bonds. The largest absolute Gasteiger partial charge is 1.00 e. The predicted molar refractivity (Wildman–Crippen MR) is 114 cm³/mol. The van der Waals surface area contributed by atoms with E-state index in [0.29, 0.717) is 19.6 Å². The van der Waals surface area contributed by atoms with Gasteiger partial charge in [-0.1, -0.05) is 44.5 Å². The Balaban J connectivity index is 0.00000729. The Morgan fingerprint density at radius 2 is 1.64 bits per heavy atom. The average molecular weight is 433 g/mol. The number of carbonyl (C=O) groups is 2. The molecule has 1 aromatic carbocycles. The van der Waals surface area contributed by atoms with Crippen LogP contribution in [0.3, 0.4) is 0 Å². The molecule has 28 heavy (non-hydrogen) atoms. The molecule has 1 aromatic rings. The molecular weight excluding hydrogens is 399 g/mol. The van der Waals surface area contributed by atoms with E-state index in [1.54, 1.807) is 0 Å². The van der Waals surface area contributed by atoms with Gasteiger partial charge in [0.05, 0.1) is 12.3 Å². The van der Waals surface area contributed by atoms with Crippen LogP contribution < -0.4 is 62.0 Å². The van der Waals surface area contributed by atoms with E-state index in [-0.39, 0.29) is 69.0 Å². The second-order valence-corrected chi connectivity index (χ2v) is 6.79. The molecule has 152 valence electrons. The van der Waals surface area contributed by atoms with Crippen molar-refractivity contribution in [1.29, 1.82) is 0 Å². The van der Waals surface area contributed by atoms with E-state index in [1.807, 2.05) is 24.3 Å². The summed E-state index contributed by atoms with van der Waals surface area (Å²) in [6, 6.07) is 7.85. The fourth-order valence-electron chi connectivity index (χ4n) is 2.63. The molecule has 0 spiro atoms. The van der Waals surface area contributed by atoms with Crippen LogP contribution in [0.2, 0.25) is 0 Å². The molecule has 2 N–H and O–H groups in total. The molecule has 0 atom stereocenters. The minimum Gasteiger partial charge on any atom is -0.661 e. The number of hydrogen-bond donors (Lipinski definition) is 3. The van der Waals surface area contributed by atoms with E-state index in [1.165, 1.54) is 0 Å². The number of rotatable bonds is 14. The molecule has 0 fully saturated rings. The maximum atomic E-state index is 12.3. The Morgan fingerprint density at radius 1 is 1.00 bits per heavy atom. The third-order valence-electron chi connectivity index (χ3n) is 3.98. The summed E-state index contributed by atoms with van der Waals surface area (Å²) >= 11 is 3.94. The van der Waals surface area contributed by atoms with E-state index >= 15 is 0 Å². The topological polar surface area (TPSA) is 75.5 Å². The maximum absolute atomic E-state index is 12.3. The van der Waals surface area contributed by atoms with Gasteiger partial charge in [0, 0.05) is 13.1 Å². The zero-order valence-electron chi connectivity index (χ0n) is 17.5. The Morgan fingerprint density at radius 3 is 2.21 bits per heavy atom. The van der Waals surface area contributed by atoms with Crippen LogP contribution in [-0.4, -0.2) is 55.2 Å². The molecule has 0 aliphatic carbocycles. The SMILES string of the molecule is CCC[N-]CCN(CCC)CC(=O)NCc1cccc(CNC(=O)CS)c1.[K+]. The summed E-state index contributed by atoms with van der Waals surface area (Å²) in [5, 5.41) is 10.2. The third-order valence-corrected chi connectivity index (χ3v) is 4.26. The number of hydrogen-bond acceptors (Lipinski definition) is 4. The van der Waals surface area contributed by atoms with E-state index in [2.05, 4.69) is 47.3 Å². The van der Waals surface area contributed by atoms with Crippen LogP contribution >= 0.6 is 12.6 Å². The van der Waals surface area contributed by atoms with Gasteiger partial charge in [0.25, 0.3) is 0 Å². The van der Waals surface area contributed by atoms with Crippen molar-refractivity contribution >= 4 is 24.4 Å². The second kappa shape index (κ2) is 17.9. The average Bonchev–Trinajstić information content (AvgIpc) is 2.68. The minimum atomic E-state index is -0.0984. The predicted octanol–water partition coefficient (Wildman–Crippen LogP) is -0.651. The van der Waals surface area contributed by atoms with E-state index < -0.39 is 0 Å². The molecule has 8 heteroatoms. The number of nitrogens with zero attached hydrogens (tertiary/aromatic N) is 2. The van der Waals surface area contributed by atoms with Crippen LogP contribution in [0.1, 0.15) is 37.8 Å². The number of amides is 2. The molecule has 0 aliphatic heterocycles. The molecular formula is C20H33KN4O2S. The maximum Gasteiger partial charge on any atom is 1.00 e. The van der Waals surface area contributed by atoms with Gasteiger partial charge in [-0.15, -0.1) is 13.1 Å². The fourth-order valence-corrected chi connectivity index (χ4v) is 2.75. The molecule has 0 bridgehead atoms. The molecule has 0 aliphatic rings. The van der Waals surface area contributed by atoms with Crippen molar-refractivity contribution in [2.75, 3.05) is 38.5 Å². The fraction of sp³-hybridized carbons (Fsp3) is 0.600. The van der Waals surface area contributed by atoms with Gasteiger partial charge >= 0.3 is 51.4 Å². The minimum absolute atomic E-state index is 0. The van der Waals surface area contributed by atoms with Crippen LogP contribution in [0.25, 0.3) is 5.32 Å². The smallest absolute Gasteiger partial charge is 0.661 e. The number of benzene rings is 1.